The van der Waals surface area contributed by atoms with Gasteiger partial charge in [0.2, 0.25) is 5.43 Å². The Morgan fingerprint density at radius 2 is 2.07 bits per heavy atom. The van der Waals surface area contributed by atoms with Gasteiger partial charge in [-0.2, -0.15) is 0 Å². The van der Waals surface area contributed by atoms with E-state index in [-0.39, 0.29) is 11.2 Å². The van der Waals surface area contributed by atoms with Crippen LogP contribution in [-0.2, 0) is 11.3 Å². The van der Waals surface area contributed by atoms with Gasteiger partial charge in [-0.15, -0.1) is 0 Å². The first-order valence-electron chi connectivity index (χ1n) is 4.99. The minimum atomic E-state index is -0.389. The fourth-order valence-corrected chi connectivity index (χ4v) is 1.10. The Bertz CT molecular complexity index is 369. The number of hydrogen-bond donors (Lipinski definition) is 1. The molecule has 84 valence electrons. The van der Waals surface area contributed by atoms with Crippen molar-refractivity contribution in [1.29, 1.82) is 0 Å². The van der Waals surface area contributed by atoms with Crippen molar-refractivity contribution in [2.45, 2.75) is 33.7 Å². The molecule has 0 saturated heterocycles. The summed E-state index contributed by atoms with van der Waals surface area (Å²) in [5, 5.41) is 9.26. The van der Waals surface area contributed by atoms with Crippen LogP contribution in [0.5, 0.6) is 5.75 Å². The van der Waals surface area contributed by atoms with Gasteiger partial charge in [-0.05, 0) is 6.92 Å². The van der Waals surface area contributed by atoms with Crippen LogP contribution in [0.4, 0.5) is 0 Å². The molecule has 0 aliphatic rings. The highest BCUT2D eigenvalue weighted by Crippen LogP contribution is 2.08. The third-order valence-electron chi connectivity index (χ3n) is 1.90. The van der Waals surface area contributed by atoms with Crippen molar-refractivity contribution in [2.75, 3.05) is 0 Å². The molecule has 0 unspecified atom stereocenters. The first-order chi connectivity index (χ1) is 7.16. The third-order valence-corrected chi connectivity index (χ3v) is 1.90. The van der Waals surface area contributed by atoms with E-state index in [2.05, 4.69) is 0 Å². The molecule has 0 radical (unpaired) electrons. The molecular formula is C11H17NO3. The molecule has 4 nitrogen and oxygen atoms in total. The summed E-state index contributed by atoms with van der Waals surface area (Å²) in [6.45, 7) is 6.13. The number of carbonyl (C=O) groups is 1. The van der Waals surface area contributed by atoms with Gasteiger partial charge in [0, 0.05) is 25.2 Å². The Labute approximate surface area is 89.2 Å². The van der Waals surface area contributed by atoms with Crippen molar-refractivity contribution in [1.82, 2.24) is 4.57 Å². The first-order valence-corrected chi connectivity index (χ1v) is 4.99. The van der Waals surface area contributed by atoms with Crippen molar-refractivity contribution in [3.8, 4) is 5.75 Å². The van der Waals surface area contributed by atoms with Gasteiger partial charge in [0.15, 0.2) is 5.75 Å². The normalized spacial score (nSPS) is 9.00. The fraction of sp³-hybridized carbons (Fsp3) is 0.455. The van der Waals surface area contributed by atoms with Crippen LogP contribution in [0.1, 0.15) is 26.0 Å². The number of rotatable bonds is 3. The molecule has 0 aliphatic heterocycles. The minimum absolute atomic E-state index is 0.242. The van der Waals surface area contributed by atoms with Crippen molar-refractivity contribution in [2.24, 2.45) is 0 Å². The van der Waals surface area contributed by atoms with E-state index in [9.17, 15) is 14.7 Å². The largest absolute Gasteiger partial charge is 0.503 e. The molecule has 0 fully saturated rings. The van der Waals surface area contributed by atoms with Crippen molar-refractivity contribution >= 4 is 6.29 Å². The van der Waals surface area contributed by atoms with Crippen LogP contribution < -0.4 is 5.43 Å². The molecule has 1 N–H and O–H groups in total. The molecule has 0 aromatic carbocycles. The maximum Gasteiger partial charge on any atom is 0.223 e. The number of hydrogen-bond acceptors (Lipinski definition) is 3. The van der Waals surface area contributed by atoms with E-state index in [1.807, 2.05) is 13.8 Å². The summed E-state index contributed by atoms with van der Waals surface area (Å²) in [5.41, 5.74) is 0.106. The third kappa shape index (κ3) is 3.58. The van der Waals surface area contributed by atoms with Crippen LogP contribution in [0.15, 0.2) is 17.1 Å². The molecule has 4 heteroatoms. The molecule has 0 atom stereocenters. The van der Waals surface area contributed by atoms with E-state index in [4.69, 9.17) is 0 Å². The van der Waals surface area contributed by atoms with E-state index in [1.165, 1.54) is 6.07 Å². The lowest BCUT2D eigenvalue weighted by molar-refractivity contribution is -0.108. The Morgan fingerprint density at radius 1 is 1.47 bits per heavy atom. The van der Waals surface area contributed by atoms with Crippen LogP contribution in [-0.4, -0.2) is 16.0 Å². The second kappa shape index (κ2) is 6.81. The Morgan fingerprint density at radius 3 is 2.60 bits per heavy atom. The van der Waals surface area contributed by atoms with Crippen LogP contribution in [0, 0.1) is 6.92 Å². The van der Waals surface area contributed by atoms with Crippen LogP contribution in [0.3, 0.4) is 0 Å². The molecule has 0 saturated carbocycles. The molecule has 0 bridgehead atoms. The van der Waals surface area contributed by atoms with Crippen molar-refractivity contribution < 1.29 is 9.90 Å². The molecule has 0 aliphatic carbocycles. The summed E-state index contributed by atoms with van der Waals surface area (Å²) >= 11 is 0. The van der Waals surface area contributed by atoms with E-state index in [0.29, 0.717) is 18.7 Å². The highest BCUT2D eigenvalue weighted by atomic mass is 16.3. The topological polar surface area (TPSA) is 59.3 Å². The SMILES string of the molecule is CC.Cc1c(O)c(=O)ccn1CCC=O. The standard InChI is InChI=1S/C9H11NO3.C2H6/c1-7-9(13)8(12)3-5-10(7)4-2-6-11;1-2/h3,5-6,13H,2,4H2,1H3;1-2H3. The summed E-state index contributed by atoms with van der Waals surface area (Å²) in [6, 6.07) is 1.28. The van der Waals surface area contributed by atoms with Crippen LogP contribution >= 0.6 is 0 Å². The molecule has 1 heterocycles. The van der Waals surface area contributed by atoms with Gasteiger partial charge in [-0.1, -0.05) is 13.8 Å². The average molecular weight is 211 g/mol. The summed E-state index contributed by atoms with van der Waals surface area (Å²) in [6.07, 6.45) is 2.75. The van der Waals surface area contributed by atoms with Gasteiger partial charge >= 0.3 is 0 Å². The molecular weight excluding hydrogens is 194 g/mol. The Kier molecular flexibility index (Phi) is 6.09. The molecule has 1 aromatic rings. The number of aromatic hydroxyl groups is 1. The van der Waals surface area contributed by atoms with Crippen LogP contribution in [0.25, 0.3) is 0 Å². The van der Waals surface area contributed by atoms with Gasteiger partial charge in [-0.3, -0.25) is 4.79 Å². The second-order valence-electron chi connectivity index (χ2n) is 2.76. The van der Waals surface area contributed by atoms with Gasteiger partial charge in [0.25, 0.3) is 0 Å². The van der Waals surface area contributed by atoms with E-state index < -0.39 is 0 Å². The number of nitrogens with zero attached hydrogens (tertiary/aromatic N) is 1. The quantitative estimate of drug-likeness (QED) is 0.770. The van der Waals surface area contributed by atoms with Gasteiger partial charge in [0.05, 0.1) is 5.69 Å². The maximum atomic E-state index is 10.9. The maximum absolute atomic E-state index is 10.9. The zero-order valence-electron chi connectivity index (χ0n) is 9.36. The minimum Gasteiger partial charge on any atom is -0.503 e. The zero-order valence-corrected chi connectivity index (χ0v) is 9.36. The number of aryl methyl sites for hydroxylation is 1. The molecule has 1 rings (SSSR count). The summed E-state index contributed by atoms with van der Waals surface area (Å²) < 4.78 is 1.67. The summed E-state index contributed by atoms with van der Waals surface area (Å²) in [4.78, 5) is 21.0. The van der Waals surface area contributed by atoms with Crippen molar-refractivity contribution in [3.05, 3.63) is 28.2 Å². The van der Waals surface area contributed by atoms with Gasteiger partial charge in [0.1, 0.15) is 6.29 Å². The lowest BCUT2D eigenvalue weighted by atomic mass is 10.3. The molecule has 0 amide bonds. The van der Waals surface area contributed by atoms with Gasteiger partial charge < -0.3 is 14.5 Å². The highest BCUT2D eigenvalue weighted by Gasteiger charge is 2.03. The number of pyridine rings is 1. The smallest absolute Gasteiger partial charge is 0.223 e. The van der Waals surface area contributed by atoms with E-state index >= 15 is 0 Å². The summed E-state index contributed by atoms with van der Waals surface area (Å²) in [7, 11) is 0. The molecule has 15 heavy (non-hydrogen) atoms. The highest BCUT2D eigenvalue weighted by molar-refractivity contribution is 5.49. The van der Waals surface area contributed by atoms with E-state index in [0.717, 1.165) is 6.29 Å². The van der Waals surface area contributed by atoms with Crippen molar-refractivity contribution in [3.63, 3.8) is 0 Å². The first kappa shape index (κ1) is 13.4. The molecule has 1 aromatic heterocycles. The number of aldehydes is 1. The second-order valence-corrected chi connectivity index (χ2v) is 2.76. The monoisotopic (exact) mass is 211 g/mol. The fourth-order valence-electron chi connectivity index (χ4n) is 1.10. The predicted molar refractivity (Wildman–Crippen MR) is 59.1 cm³/mol. The van der Waals surface area contributed by atoms with Crippen LogP contribution in [0.2, 0.25) is 0 Å². The lowest BCUT2D eigenvalue weighted by Gasteiger charge is -2.08. The number of aromatic nitrogens is 1. The lowest BCUT2D eigenvalue weighted by Crippen LogP contribution is -2.10. The van der Waals surface area contributed by atoms with E-state index in [1.54, 1.807) is 17.7 Å². The number of carbonyl (C=O) groups excluding carboxylic acids is 1. The predicted octanol–water partition coefficient (Wildman–Crippen LogP) is 1.48. The Hall–Kier alpha value is -1.58. The van der Waals surface area contributed by atoms with Gasteiger partial charge in [-0.25, -0.2) is 0 Å². The Balaban J connectivity index is 0.000000921. The zero-order chi connectivity index (χ0) is 11.8. The summed E-state index contributed by atoms with van der Waals surface area (Å²) in [5.74, 6) is -0.242. The molecule has 0 spiro atoms. The average Bonchev–Trinajstić information content (AvgIpc) is 2.28.